The van der Waals surface area contributed by atoms with Crippen LogP contribution in [-0.4, -0.2) is 13.0 Å². The van der Waals surface area contributed by atoms with Crippen LogP contribution in [0.4, 0.5) is 0 Å². The van der Waals surface area contributed by atoms with Crippen molar-refractivity contribution in [2.75, 3.05) is 6.67 Å². The van der Waals surface area contributed by atoms with Crippen molar-refractivity contribution in [3.05, 3.63) is 4.85 Å². The first kappa shape index (κ1) is 3.16. The molecule has 0 aromatic carbocycles. The normalized spacial score (nSPS) is 14.7. The minimum Gasteiger partial charge on any atom is -0.222 e. The van der Waals surface area contributed by atoms with Crippen LogP contribution in [0.2, 0.25) is 0 Å². The van der Waals surface area contributed by atoms with Crippen molar-refractivity contribution in [3.63, 3.8) is 0 Å². The second-order valence-electron chi connectivity index (χ2n) is 0.874. The first-order valence-electron chi connectivity index (χ1n) is 1.66. The molecule has 0 spiro atoms. The van der Waals surface area contributed by atoms with E-state index in [1.165, 1.54) is 6.34 Å². The van der Waals surface area contributed by atoms with Crippen LogP contribution < -0.4 is 5.32 Å². The zero-order valence-corrected chi connectivity index (χ0v) is 3.18. The number of nitrogens with one attached hydrogen (secondary N) is 1. The van der Waals surface area contributed by atoms with E-state index in [1.54, 1.807) is 0 Å². The maximum absolute atomic E-state index is 3.71. The van der Waals surface area contributed by atoms with Gasteiger partial charge in [0.25, 0.3) is 0 Å². The molecule has 0 unspecified atom stereocenters. The first-order valence-corrected chi connectivity index (χ1v) is 1.66. The number of hydrogen-bond acceptors (Lipinski definition) is 2. The van der Waals surface area contributed by atoms with Crippen molar-refractivity contribution in [3.8, 4) is 6.19 Å². The van der Waals surface area contributed by atoms with Crippen molar-refractivity contribution in [2.45, 2.75) is 0 Å². The summed E-state index contributed by atoms with van der Waals surface area (Å²) < 4.78 is 0. The molecular formula is C3H4N3+. The van der Waals surface area contributed by atoms with Gasteiger partial charge in [0, 0.05) is 0 Å². The molecule has 0 bridgehead atoms. The van der Waals surface area contributed by atoms with Gasteiger partial charge >= 0.3 is 12.5 Å². The zero-order valence-electron chi connectivity index (χ0n) is 3.18. The van der Waals surface area contributed by atoms with Crippen LogP contribution in [0.25, 0.3) is 4.85 Å². The van der Waals surface area contributed by atoms with Gasteiger partial charge in [0.1, 0.15) is 0 Å². The summed E-state index contributed by atoms with van der Waals surface area (Å²) in [5, 5.41) is 2.67. The zero-order chi connectivity index (χ0) is 4.24. The van der Waals surface area contributed by atoms with Crippen LogP contribution in [0.5, 0.6) is 0 Å². The lowest BCUT2D eigenvalue weighted by molar-refractivity contribution is 0.909. The van der Waals surface area contributed by atoms with E-state index in [9.17, 15) is 0 Å². The smallest absolute Gasteiger partial charge is 0.222 e. The van der Waals surface area contributed by atoms with Crippen LogP contribution in [0.1, 0.15) is 0 Å². The highest BCUT2D eigenvalue weighted by atomic mass is 15.1. The van der Waals surface area contributed by atoms with Crippen LogP contribution >= 0.6 is 0 Å². The average Bonchev–Trinajstić information content (AvgIpc) is 1.72. The Morgan fingerprint density at radius 3 is 3.17 bits per heavy atom. The van der Waals surface area contributed by atoms with Gasteiger partial charge in [-0.15, -0.1) is 0 Å². The third kappa shape index (κ3) is 0.462. The largest absolute Gasteiger partial charge is 0.321 e. The van der Waals surface area contributed by atoms with E-state index in [4.69, 9.17) is 0 Å². The van der Waals surface area contributed by atoms with Crippen LogP contribution in [-0.2, 0) is 0 Å². The van der Waals surface area contributed by atoms with Crippen molar-refractivity contribution >= 4 is 6.34 Å². The fourth-order valence-electron chi connectivity index (χ4n) is 0.237. The Balaban J connectivity index is 2.58. The molecular weight excluding hydrogens is 78.1 g/mol. The van der Waals surface area contributed by atoms with Gasteiger partial charge in [0.15, 0.2) is 0 Å². The summed E-state index contributed by atoms with van der Waals surface area (Å²) in [4.78, 5) is 7.24. The van der Waals surface area contributed by atoms with Gasteiger partial charge in [-0.1, -0.05) is 4.99 Å². The highest BCUT2D eigenvalue weighted by Gasteiger charge is 1.86. The molecule has 0 fully saturated rings. The molecule has 0 atom stereocenters. The van der Waals surface area contributed by atoms with Crippen molar-refractivity contribution in [2.24, 2.45) is 4.99 Å². The lowest BCUT2D eigenvalue weighted by Gasteiger charge is -1.76. The molecule has 0 aromatic rings. The second kappa shape index (κ2) is 1.41. The third-order valence-electron chi connectivity index (χ3n) is 0.453. The molecule has 3 nitrogen and oxygen atoms in total. The quantitative estimate of drug-likeness (QED) is 0.405. The summed E-state index contributed by atoms with van der Waals surface area (Å²) in [5.74, 6) is 0. The maximum atomic E-state index is 3.71. The summed E-state index contributed by atoms with van der Waals surface area (Å²) in [5.41, 5.74) is 0. The summed E-state index contributed by atoms with van der Waals surface area (Å²) in [6.07, 6.45) is 3.98. The predicted molar refractivity (Wildman–Crippen MR) is 23.7 cm³/mol. The number of hydrogen-bond donors (Lipinski definition) is 1. The van der Waals surface area contributed by atoms with Gasteiger partial charge in [-0.2, -0.15) is 4.85 Å². The Labute approximate surface area is 35.5 Å². The minimum atomic E-state index is 0.615. The number of rotatable bonds is 0. The van der Waals surface area contributed by atoms with Crippen molar-refractivity contribution < 1.29 is 0 Å². The molecule has 1 aliphatic rings. The van der Waals surface area contributed by atoms with E-state index in [0.29, 0.717) is 6.67 Å². The first-order chi connectivity index (χ1) is 3.00. The molecule has 1 rings (SSSR count). The van der Waals surface area contributed by atoms with E-state index in [-0.39, 0.29) is 0 Å². The summed E-state index contributed by atoms with van der Waals surface area (Å²) >= 11 is 0. The highest BCUT2D eigenvalue weighted by Crippen LogP contribution is 1.67. The van der Waals surface area contributed by atoms with Gasteiger partial charge in [-0.3, -0.25) is 0 Å². The second-order valence-corrected chi connectivity index (χ2v) is 0.874. The topological polar surface area (TPSA) is 28.8 Å². The Bertz CT molecular complexity index is 116. The molecule has 1 N–H and O–H groups in total. The summed E-state index contributed by atoms with van der Waals surface area (Å²) in [6, 6.07) is 0. The number of aliphatic imine (C=N–C) groups is 1. The van der Waals surface area contributed by atoms with E-state index in [2.05, 4.69) is 21.3 Å². The lowest BCUT2D eigenvalue weighted by atomic mass is 11.0. The van der Waals surface area contributed by atoms with Crippen LogP contribution in [0, 0.1) is 6.19 Å². The average molecular weight is 82.1 g/mol. The fourth-order valence-corrected chi connectivity index (χ4v) is 0.237. The van der Waals surface area contributed by atoms with Crippen LogP contribution in [0.3, 0.4) is 0 Å². The molecule has 3 heteroatoms. The molecule has 0 saturated heterocycles. The Morgan fingerprint density at radius 2 is 3.00 bits per heavy atom. The summed E-state index contributed by atoms with van der Waals surface area (Å²) in [6.45, 7) is 0.615. The molecule has 6 heavy (non-hydrogen) atoms. The maximum Gasteiger partial charge on any atom is 0.321 e. The summed E-state index contributed by atoms with van der Waals surface area (Å²) in [7, 11) is 0. The van der Waals surface area contributed by atoms with Gasteiger partial charge < -0.3 is 0 Å². The van der Waals surface area contributed by atoms with Gasteiger partial charge in [0.05, 0.1) is 0 Å². The molecule has 30 valence electrons. The molecule has 0 aliphatic carbocycles. The molecule has 0 saturated carbocycles. The molecule has 0 amide bonds. The molecule has 1 aliphatic heterocycles. The Hall–Kier alpha value is -1.04. The lowest BCUT2D eigenvalue weighted by Crippen LogP contribution is -2.06. The number of nitrogens with zero attached hydrogens (tertiary/aromatic N) is 2. The fraction of sp³-hybridized carbons (Fsp3) is 0.333. The minimum absolute atomic E-state index is 0.615. The van der Waals surface area contributed by atoms with Crippen molar-refractivity contribution in [1.29, 1.82) is 0 Å². The van der Waals surface area contributed by atoms with Gasteiger partial charge in [0.2, 0.25) is 6.67 Å². The van der Waals surface area contributed by atoms with Crippen molar-refractivity contribution in [1.82, 2.24) is 5.32 Å². The highest BCUT2D eigenvalue weighted by molar-refractivity contribution is 5.67. The standard InChI is InChI=1S/C3H3N3/c1-4-2-6-3-5-1/h1H,2H2/p+1. The molecule has 0 radical (unpaired) electrons. The Morgan fingerprint density at radius 1 is 2.00 bits per heavy atom. The van der Waals surface area contributed by atoms with Gasteiger partial charge in [-0.05, 0) is 0 Å². The SMILES string of the molecule is C1#[N+]C=NCN1. The Kier molecular flexibility index (Phi) is 0.743. The third-order valence-corrected chi connectivity index (χ3v) is 0.453. The monoisotopic (exact) mass is 82.0 g/mol. The van der Waals surface area contributed by atoms with Gasteiger partial charge in [-0.25, -0.2) is 5.32 Å². The van der Waals surface area contributed by atoms with E-state index in [0.717, 1.165) is 0 Å². The molecule has 1 heterocycles. The van der Waals surface area contributed by atoms with E-state index >= 15 is 0 Å². The predicted octanol–water partition coefficient (Wildman–Crippen LogP) is -0.134. The van der Waals surface area contributed by atoms with Crippen LogP contribution in [0.15, 0.2) is 4.99 Å². The van der Waals surface area contributed by atoms with E-state index in [1.807, 2.05) is 0 Å². The van der Waals surface area contributed by atoms with E-state index < -0.39 is 0 Å². The molecule has 0 aromatic heterocycles.